The van der Waals surface area contributed by atoms with Gasteiger partial charge in [0, 0.05) is 24.6 Å². The van der Waals surface area contributed by atoms with E-state index in [1.807, 2.05) is 0 Å². The molecule has 1 heterocycles. The van der Waals surface area contributed by atoms with Crippen LogP contribution in [0.2, 0.25) is 0 Å². The number of rotatable bonds is 14. The SMILES string of the molecule is CC(=O)C[C@@H](/C=C/S(C)(=O)=O)NC(=O)[C@H]1CCCN1C(=O)[C@H](NC(=O)[C@H](CC(=O)O)NC(=O)OCc1ccccc1)C(C)(C)C. The number of hydrogen-bond acceptors (Lipinski definition) is 9. The van der Waals surface area contributed by atoms with Gasteiger partial charge >= 0.3 is 12.1 Å². The van der Waals surface area contributed by atoms with Crippen LogP contribution < -0.4 is 16.0 Å². The topological polar surface area (TPSA) is 205 Å². The molecular weight excluding hydrogens is 608 g/mol. The monoisotopic (exact) mass is 650 g/mol. The summed E-state index contributed by atoms with van der Waals surface area (Å²) in [6.07, 6.45) is 0.936. The molecule has 248 valence electrons. The summed E-state index contributed by atoms with van der Waals surface area (Å²) in [7, 11) is -3.53. The van der Waals surface area contributed by atoms with Gasteiger partial charge in [0.15, 0.2) is 9.84 Å². The number of amides is 4. The number of ketones is 1. The molecule has 4 amide bonds. The van der Waals surface area contributed by atoms with Crippen molar-refractivity contribution in [2.24, 2.45) is 5.41 Å². The van der Waals surface area contributed by atoms with E-state index in [0.29, 0.717) is 12.0 Å². The Morgan fingerprint density at radius 1 is 1.04 bits per heavy atom. The van der Waals surface area contributed by atoms with Crippen LogP contribution in [0.5, 0.6) is 0 Å². The average molecular weight is 651 g/mol. The largest absolute Gasteiger partial charge is 0.481 e. The van der Waals surface area contributed by atoms with Gasteiger partial charge in [0.25, 0.3) is 0 Å². The number of Topliss-reactive ketones (excluding diaryl/α,β-unsaturated/α-hetero) is 1. The summed E-state index contributed by atoms with van der Waals surface area (Å²) < 4.78 is 28.3. The summed E-state index contributed by atoms with van der Waals surface area (Å²) in [6, 6.07) is 4.01. The van der Waals surface area contributed by atoms with Gasteiger partial charge in [-0.1, -0.05) is 57.2 Å². The first-order valence-electron chi connectivity index (χ1n) is 14.3. The minimum Gasteiger partial charge on any atom is -0.481 e. The van der Waals surface area contributed by atoms with E-state index in [1.54, 1.807) is 51.1 Å². The van der Waals surface area contributed by atoms with Crippen molar-refractivity contribution >= 4 is 45.4 Å². The molecule has 14 nitrogen and oxygen atoms in total. The lowest BCUT2D eigenvalue weighted by Gasteiger charge is -2.36. The number of alkyl carbamates (subject to hydrolysis) is 1. The zero-order chi connectivity index (χ0) is 33.9. The molecule has 0 aromatic heterocycles. The Kier molecular flexibility index (Phi) is 13.3. The lowest BCUT2D eigenvalue weighted by molar-refractivity contribution is -0.145. The molecule has 1 saturated heterocycles. The molecule has 1 aliphatic heterocycles. The number of nitrogens with one attached hydrogen (secondary N) is 3. The third-order valence-corrected chi connectivity index (χ3v) is 7.48. The Morgan fingerprint density at radius 2 is 1.69 bits per heavy atom. The number of likely N-dealkylation sites (tertiary alicyclic amines) is 1. The van der Waals surface area contributed by atoms with E-state index < -0.39 is 75.6 Å². The maximum atomic E-state index is 13.8. The van der Waals surface area contributed by atoms with Crippen LogP contribution in [0.3, 0.4) is 0 Å². The molecule has 0 spiro atoms. The van der Waals surface area contributed by atoms with Crippen molar-refractivity contribution in [3.63, 3.8) is 0 Å². The van der Waals surface area contributed by atoms with Crippen molar-refractivity contribution in [3.05, 3.63) is 47.4 Å². The van der Waals surface area contributed by atoms with Crippen molar-refractivity contribution in [1.82, 2.24) is 20.9 Å². The first-order valence-corrected chi connectivity index (χ1v) is 16.3. The van der Waals surface area contributed by atoms with Crippen LogP contribution in [0, 0.1) is 5.41 Å². The number of hydrogen-bond donors (Lipinski definition) is 4. The Morgan fingerprint density at radius 3 is 2.24 bits per heavy atom. The molecule has 0 bridgehead atoms. The second kappa shape index (κ2) is 16.2. The molecule has 15 heteroatoms. The van der Waals surface area contributed by atoms with Gasteiger partial charge in [-0.05, 0) is 30.7 Å². The number of carbonyl (C=O) groups is 6. The van der Waals surface area contributed by atoms with Gasteiger partial charge < -0.3 is 30.7 Å². The molecule has 2 rings (SSSR count). The van der Waals surface area contributed by atoms with Gasteiger partial charge in [0.1, 0.15) is 30.5 Å². The van der Waals surface area contributed by atoms with Gasteiger partial charge in [-0.25, -0.2) is 13.2 Å². The van der Waals surface area contributed by atoms with Gasteiger partial charge in [0.05, 0.1) is 12.5 Å². The highest BCUT2D eigenvalue weighted by atomic mass is 32.2. The molecule has 0 radical (unpaired) electrons. The molecular formula is C30H42N4O10S. The van der Waals surface area contributed by atoms with Crippen molar-refractivity contribution in [3.8, 4) is 0 Å². The van der Waals surface area contributed by atoms with E-state index in [-0.39, 0.29) is 31.8 Å². The number of sulfone groups is 1. The Labute approximate surface area is 262 Å². The van der Waals surface area contributed by atoms with Crippen LogP contribution in [0.1, 0.15) is 58.9 Å². The quantitative estimate of drug-likeness (QED) is 0.227. The van der Waals surface area contributed by atoms with Gasteiger partial charge in [-0.15, -0.1) is 0 Å². The fourth-order valence-electron chi connectivity index (χ4n) is 4.64. The number of nitrogens with zero attached hydrogens (tertiary/aromatic N) is 1. The van der Waals surface area contributed by atoms with E-state index >= 15 is 0 Å². The molecule has 4 N–H and O–H groups in total. The molecule has 1 fully saturated rings. The normalized spacial score (nSPS) is 17.2. The van der Waals surface area contributed by atoms with E-state index in [0.717, 1.165) is 11.7 Å². The molecule has 1 aliphatic rings. The third kappa shape index (κ3) is 12.7. The van der Waals surface area contributed by atoms with E-state index in [4.69, 9.17) is 4.74 Å². The minimum absolute atomic E-state index is 0.118. The van der Waals surface area contributed by atoms with Crippen LogP contribution in [0.25, 0.3) is 0 Å². The lowest BCUT2D eigenvalue weighted by atomic mass is 9.85. The van der Waals surface area contributed by atoms with Gasteiger partial charge in [-0.2, -0.15) is 0 Å². The second-order valence-electron chi connectivity index (χ2n) is 12.0. The number of carboxylic acids is 1. The Bertz CT molecular complexity index is 1390. The summed E-state index contributed by atoms with van der Waals surface area (Å²) in [5, 5.41) is 17.7. The maximum Gasteiger partial charge on any atom is 0.408 e. The minimum atomic E-state index is -3.53. The first-order chi connectivity index (χ1) is 20.9. The number of aliphatic carboxylic acids is 1. The predicted molar refractivity (Wildman–Crippen MR) is 163 cm³/mol. The van der Waals surface area contributed by atoms with Crippen LogP contribution >= 0.6 is 0 Å². The summed E-state index contributed by atoms with van der Waals surface area (Å²) >= 11 is 0. The van der Waals surface area contributed by atoms with Gasteiger partial charge in [-0.3, -0.25) is 24.0 Å². The summed E-state index contributed by atoms with van der Waals surface area (Å²) in [4.78, 5) is 77.4. The fraction of sp³-hybridized carbons (Fsp3) is 0.533. The van der Waals surface area contributed by atoms with Crippen molar-refractivity contribution in [2.45, 2.75) is 84.2 Å². The Balaban J connectivity index is 2.20. The molecule has 4 atom stereocenters. The van der Waals surface area contributed by atoms with Crippen molar-refractivity contribution < 1.29 is 47.0 Å². The maximum absolute atomic E-state index is 13.8. The van der Waals surface area contributed by atoms with Crippen LogP contribution in [-0.4, -0.2) is 91.0 Å². The molecule has 0 aliphatic carbocycles. The zero-order valence-electron chi connectivity index (χ0n) is 26.1. The zero-order valence-corrected chi connectivity index (χ0v) is 26.9. The molecule has 0 unspecified atom stereocenters. The first kappa shape index (κ1) is 36.9. The van der Waals surface area contributed by atoms with Gasteiger partial charge in [0.2, 0.25) is 17.7 Å². The van der Waals surface area contributed by atoms with Crippen LogP contribution in [0.4, 0.5) is 4.79 Å². The van der Waals surface area contributed by atoms with E-state index in [2.05, 4.69) is 16.0 Å². The van der Waals surface area contributed by atoms with Crippen LogP contribution in [0.15, 0.2) is 41.8 Å². The molecule has 1 aromatic rings. The molecule has 45 heavy (non-hydrogen) atoms. The average Bonchev–Trinajstić information content (AvgIpc) is 3.42. The highest BCUT2D eigenvalue weighted by molar-refractivity contribution is 7.93. The summed E-state index contributed by atoms with van der Waals surface area (Å²) in [5.74, 6) is -3.81. The summed E-state index contributed by atoms with van der Waals surface area (Å²) in [6.45, 7) is 6.38. The highest BCUT2D eigenvalue weighted by Gasteiger charge is 2.43. The number of ether oxygens (including phenoxy) is 1. The second-order valence-corrected chi connectivity index (χ2v) is 14.0. The lowest BCUT2D eigenvalue weighted by Crippen LogP contribution is -2.60. The number of benzene rings is 1. The van der Waals surface area contributed by atoms with Crippen molar-refractivity contribution in [2.75, 3.05) is 12.8 Å². The fourth-order valence-corrected chi connectivity index (χ4v) is 5.12. The Hall–Kier alpha value is -4.27. The number of carboxylic acid groups (broad SMARTS) is 1. The van der Waals surface area contributed by atoms with Crippen LogP contribution in [-0.2, 0) is 45.2 Å². The van der Waals surface area contributed by atoms with E-state index in [9.17, 15) is 42.3 Å². The molecule has 0 saturated carbocycles. The third-order valence-electron chi connectivity index (χ3n) is 6.83. The van der Waals surface area contributed by atoms with Crippen molar-refractivity contribution in [1.29, 1.82) is 0 Å². The standard InChI is InChI=1S/C30H42N4O10S/c1-19(35)16-21(13-15-45(5,42)43)31-27(39)23-12-9-14-34(23)28(40)25(30(2,3)4)33-26(38)22(17-24(36)37)32-29(41)44-18-20-10-7-6-8-11-20/h6-8,10-11,13,15,21-23,25H,9,12,14,16-18H2,1-5H3,(H,31,39)(H,32,41)(H,33,38)(H,36,37)/b15-13+/t21-,22+,23-,25+/m1/s1. The number of carbonyl (C=O) groups excluding carboxylic acids is 5. The van der Waals surface area contributed by atoms with E-state index in [1.165, 1.54) is 17.9 Å². The molecule has 1 aromatic carbocycles. The highest BCUT2D eigenvalue weighted by Crippen LogP contribution is 2.26. The smallest absolute Gasteiger partial charge is 0.408 e. The summed E-state index contributed by atoms with van der Waals surface area (Å²) in [5.41, 5.74) is -0.235. The predicted octanol–water partition coefficient (Wildman–Crippen LogP) is 1.30.